The minimum Gasteiger partial charge on any atom is -0.399 e. The first-order chi connectivity index (χ1) is 11.6. The number of hydrogen-bond acceptors (Lipinski definition) is 7. The molecule has 24 heavy (non-hydrogen) atoms. The monoisotopic (exact) mass is 340 g/mol. The predicted octanol–water partition coefficient (Wildman–Crippen LogP) is 1.44. The van der Waals surface area contributed by atoms with Crippen molar-refractivity contribution < 1.29 is 15.1 Å². The number of anilines is 2. The summed E-state index contributed by atoms with van der Waals surface area (Å²) in [6.45, 7) is 2.90. The van der Waals surface area contributed by atoms with Crippen LogP contribution in [-0.4, -0.2) is 59.4 Å². The average Bonchev–Trinajstić information content (AvgIpc) is 2.55. The first kappa shape index (κ1) is 20.1. The van der Waals surface area contributed by atoms with Crippen LogP contribution in [0.15, 0.2) is 18.2 Å². The van der Waals surface area contributed by atoms with E-state index in [1.807, 2.05) is 4.90 Å². The molecule has 5 N–H and O–H groups in total. The average molecular weight is 340 g/mol. The quantitative estimate of drug-likeness (QED) is 0.185. The van der Waals surface area contributed by atoms with Gasteiger partial charge in [-0.15, -0.1) is 0 Å². The molecule has 8 nitrogen and oxygen atoms in total. The number of nitrogens with zero attached hydrogens (tertiary/aromatic N) is 2. The van der Waals surface area contributed by atoms with E-state index in [1.165, 1.54) is 6.07 Å². The van der Waals surface area contributed by atoms with Crippen LogP contribution >= 0.6 is 0 Å². The van der Waals surface area contributed by atoms with Gasteiger partial charge in [0.15, 0.2) is 0 Å². The van der Waals surface area contributed by atoms with Crippen LogP contribution in [-0.2, 0) is 0 Å². The molecule has 0 fully saturated rings. The summed E-state index contributed by atoms with van der Waals surface area (Å²) in [6.07, 6.45) is 3.98. The molecule has 0 saturated heterocycles. The van der Waals surface area contributed by atoms with E-state index in [0.717, 1.165) is 32.2 Å². The zero-order valence-electron chi connectivity index (χ0n) is 14.0. The zero-order chi connectivity index (χ0) is 17.8. The number of nitro benzene ring substituents is 1. The summed E-state index contributed by atoms with van der Waals surface area (Å²) in [6, 6.07) is 4.64. The van der Waals surface area contributed by atoms with Crippen molar-refractivity contribution in [3.8, 4) is 0 Å². The number of aliphatic hydroxyl groups is 2. The Labute approximate surface area is 142 Å². The minimum atomic E-state index is -0.435. The number of aliphatic hydroxyl groups excluding tert-OH is 2. The second kappa shape index (κ2) is 11.6. The van der Waals surface area contributed by atoms with Gasteiger partial charge >= 0.3 is 0 Å². The number of nitrogen functional groups attached to an aromatic ring is 1. The lowest BCUT2D eigenvalue weighted by Gasteiger charge is -2.19. The molecule has 0 bridgehead atoms. The number of hydrogen-bond donors (Lipinski definition) is 4. The van der Waals surface area contributed by atoms with Crippen LogP contribution in [0.1, 0.15) is 25.7 Å². The molecular formula is C16H28N4O4. The topological polar surface area (TPSA) is 125 Å². The number of nitrogens with two attached hydrogens (primary N) is 1. The molecule has 0 aromatic heterocycles. The van der Waals surface area contributed by atoms with Crippen molar-refractivity contribution in [2.45, 2.75) is 25.7 Å². The van der Waals surface area contributed by atoms with Crippen LogP contribution in [0, 0.1) is 10.1 Å². The number of nitro groups is 1. The summed E-state index contributed by atoms with van der Waals surface area (Å²) >= 11 is 0. The summed E-state index contributed by atoms with van der Waals surface area (Å²) in [4.78, 5) is 12.6. The van der Waals surface area contributed by atoms with Gasteiger partial charge in [-0.3, -0.25) is 15.0 Å². The van der Waals surface area contributed by atoms with Crippen LogP contribution in [0.25, 0.3) is 0 Å². The van der Waals surface area contributed by atoms with E-state index in [9.17, 15) is 10.1 Å². The number of unbranched alkanes of at least 4 members (excludes halogenated alkanes) is 3. The maximum Gasteiger partial charge on any atom is 0.294 e. The lowest BCUT2D eigenvalue weighted by Crippen LogP contribution is -2.30. The van der Waals surface area contributed by atoms with Crippen LogP contribution in [0.5, 0.6) is 0 Å². The highest BCUT2D eigenvalue weighted by Crippen LogP contribution is 2.26. The van der Waals surface area contributed by atoms with Gasteiger partial charge in [-0.25, -0.2) is 0 Å². The molecule has 0 aliphatic carbocycles. The lowest BCUT2D eigenvalue weighted by molar-refractivity contribution is -0.383. The molecule has 0 spiro atoms. The standard InChI is InChI=1S/C16H28N4O4/c17-14-5-6-15(16(13-14)20(23)24)18-7-3-1-2-4-8-19(9-11-21)10-12-22/h5-6,13,18,21-22H,1-4,7-12,17H2. The molecule has 1 aromatic rings. The molecule has 0 unspecified atom stereocenters. The van der Waals surface area contributed by atoms with Gasteiger partial charge in [-0.2, -0.15) is 0 Å². The first-order valence-electron chi connectivity index (χ1n) is 8.30. The van der Waals surface area contributed by atoms with Gasteiger partial charge in [0.2, 0.25) is 0 Å². The highest BCUT2D eigenvalue weighted by Gasteiger charge is 2.13. The summed E-state index contributed by atoms with van der Waals surface area (Å²) in [5, 5.41) is 31.9. The van der Waals surface area contributed by atoms with Gasteiger partial charge in [-0.1, -0.05) is 12.8 Å². The fraction of sp³-hybridized carbons (Fsp3) is 0.625. The van der Waals surface area contributed by atoms with E-state index in [1.54, 1.807) is 12.1 Å². The van der Waals surface area contributed by atoms with Crippen LogP contribution in [0.2, 0.25) is 0 Å². The van der Waals surface area contributed by atoms with Crippen molar-refractivity contribution in [2.24, 2.45) is 0 Å². The SMILES string of the molecule is Nc1ccc(NCCCCCCN(CCO)CCO)c([N+](=O)[O-])c1. The molecule has 0 amide bonds. The fourth-order valence-electron chi connectivity index (χ4n) is 2.50. The minimum absolute atomic E-state index is 0.00125. The maximum absolute atomic E-state index is 11.0. The van der Waals surface area contributed by atoms with E-state index >= 15 is 0 Å². The normalized spacial score (nSPS) is 11.0. The molecule has 1 aromatic carbocycles. The number of rotatable bonds is 13. The Morgan fingerprint density at radius 2 is 1.75 bits per heavy atom. The van der Waals surface area contributed by atoms with Crippen molar-refractivity contribution in [2.75, 3.05) is 50.4 Å². The van der Waals surface area contributed by atoms with Gasteiger partial charge in [0.25, 0.3) is 5.69 Å². The summed E-state index contributed by atoms with van der Waals surface area (Å²) in [5.41, 5.74) is 6.44. The molecule has 0 aliphatic heterocycles. The van der Waals surface area contributed by atoms with E-state index in [0.29, 0.717) is 31.0 Å². The van der Waals surface area contributed by atoms with E-state index in [2.05, 4.69) is 5.32 Å². The van der Waals surface area contributed by atoms with Gasteiger partial charge in [0, 0.05) is 31.4 Å². The Morgan fingerprint density at radius 1 is 1.08 bits per heavy atom. The third kappa shape index (κ3) is 7.58. The van der Waals surface area contributed by atoms with E-state index < -0.39 is 4.92 Å². The third-order valence-corrected chi connectivity index (χ3v) is 3.77. The molecule has 0 atom stereocenters. The van der Waals surface area contributed by atoms with Gasteiger partial charge in [0.05, 0.1) is 18.1 Å². The Hall–Kier alpha value is -1.90. The van der Waals surface area contributed by atoms with Crippen LogP contribution < -0.4 is 11.1 Å². The highest BCUT2D eigenvalue weighted by molar-refractivity contribution is 5.66. The smallest absolute Gasteiger partial charge is 0.294 e. The molecule has 1 rings (SSSR count). The van der Waals surface area contributed by atoms with Crippen molar-refractivity contribution in [3.05, 3.63) is 28.3 Å². The Kier molecular flexibility index (Phi) is 9.74. The summed E-state index contributed by atoms with van der Waals surface area (Å²) in [7, 11) is 0. The van der Waals surface area contributed by atoms with Gasteiger partial charge < -0.3 is 21.3 Å². The second-order valence-electron chi connectivity index (χ2n) is 5.66. The summed E-state index contributed by atoms with van der Waals surface area (Å²) in [5.74, 6) is 0. The maximum atomic E-state index is 11.0. The molecule has 0 heterocycles. The highest BCUT2D eigenvalue weighted by atomic mass is 16.6. The van der Waals surface area contributed by atoms with Crippen LogP contribution in [0.4, 0.5) is 17.1 Å². The van der Waals surface area contributed by atoms with Gasteiger partial charge in [-0.05, 0) is 31.5 Å². The predicted molar refractivity (Wildman–Crippen MR) is 95.1 cm³/mol. The van der Waals surface area contributed by atoms with E-state index in [4.69, 9.17) is 15.9 Å². The molecule has 0 aliphatic rings. The Morgan fingerprint density at radius 3 is 2.38 bits per heavy atom. The molecule has 0 radical (unpaired) electrons. The number of benzene rings is 1. The Balaban J connectivity index is 2.22. The molecule has 0 saturated carbocycles. The van der Waals surface area contributed by atoms with Crippen LogP contribution in [0.3, 0.4) is 0 Å². The molecule has 8 heteroatoms. The van der Waals surface area contributed by atoms with E-state index in [-0.39, 0.29) is 18.9 Å². The second-order valence-corrected chi connectivity index (χ2v) is 5.66. The lowest BCUT2D eigenvalue weighted by atomic mass is 10.1. The zero-order valence-corrected chi connectivity index (χ0v) is 14.0. The first-order valence-corrected chi connectivity index (χ1v) is 8.30. The molecule has 136 valence electrons. The third-order valence-electron chi connectivity index (χ3n) is 3.77. The Bertz CT molecular complexity index is 493. The van der Waals surface area contributed by atoms with Gasteiger partial charge in [0.1, 0.15) is 5.69 Å². The van der Waals surface area contributed by atoms with Crippen molar-refractivity contribution >= 4 is 17.1 Å². The largest absolute Gasteiger partial charge is 0.399 e. The van der Waals surface area contributed by atoms with Crippen molar-refractivity contribution in [1.29, 1.82) is 0 Å². The fourth-order valence-corrected chi connectivity index (χ4v) is 2.50. The molecular weight excluding hydrogens is 312 g/mol. The summed E-state index contributed by atoms with van der Waals surface area (Å²) < 4.78 is 0. The number of nitrogens with one attached hydrogen (secondary N) is 1. The van der Waals surface area contributed by atoms with Crippen molar-refractivity contribution in [3.63, 3.8) is 0 Å². The van der Waals surface area contributed by atoms with Crippen molar-refractivity contribution in [1.82, 2.24) is 4.90 Å².